The van der Waals surface area contributed by atoms with Crippen LogP contribution in [0.1, 0.15) is 33.6 Å². The van der Waals surface area contributed by atoms with Crippen molar-refractivity contribution in [2.75, 3.05) is 13.1 Å². The number of carboxylic acid groups (broad SMARTS) is 1. The first-order valence-electron chi connectivity index (χ1n) is 6.00. The van der Waals surface area contributed by atoms with Crippen LogP contribution in [0, 0.1) is 5.92 Å². The van der Waals surface area contributed by atoms with Gasteiger partial charge in [0, 0.05) is 18.5 Å². The van der Waals surface area contributed by atoms with Crippen molar-refractivity contribution in [2.24, 2.45) is 5.92 Å². The minimum Gasteiger partial charge on any atom is -0.481 e. The molecule has 1 heterocycles. The van der Waals surface area contributed by atoms with E-state index in [9.17, 15) is 14.4 Å². The maximum atomic E-state index is 11.7. The monoisotopic (exact) mass is 256 g/mol. The summed E-state index contributed by atoms with van der Waals surface area (Å²) in [5.41, 5.74) is -0.359. The summed E-state index contributed by atoms with van der Waals surface area (Å²) in [5, 5.41) is 11.7. The second kappa shape index (κ2) is 5.37. The van der Waals surface area contributed by atoms with Gasteiger partial charge in [0.2, 0.25) is 11.8 Å². The zero-order chi connectivity index (χ0) is 13.9. The molecule has 102 valence electrons. The summed E-state index contributed by atoms with van der Waals surface area (Å²) in [5.74, 6) is -1.90. The van der Waals surface area contributed by atoms with Crippen LogP contribution in [0.15, 0.2) is 0 Å². The predicted molar refractivity (Wildman–Crippen MR) is 64.8 cm³/mol. The number of amides is 2. The van der Waals surface area contributed by atoms with Crippen molar-refractivity contribution in [3.8, 4) is 0 Å². The van der Waals surface area contributed by atoms with Crippen LogP contribution < -0.4 is 5.32 Å². The Morgan fingerprint density at radius 3 is 2.56 bits per heavy atom. The van der Waals surface area contributed by atoms with Gasteiger partial charge in [0.15, 0.2) is 0 Å². The molecule has 0 saturated carbocycles. The molecule has 2 amide bonds. The molecule has 1 saturated heterocycles. The van der Waals surface area contributed by atoms with Gasteiger partial charge in [0.05, 0.1) is 12.5 Å². The van der Waals surface area contributed by atoms with Crippen molar-refractivity contribution in [3.05, 3.63) is 0 Å². The number of nitrogens with one attached hydrogen (secondary N) is 1. The molecule has 1 unspecified atom stereocenters. The van der Waals surface area contributed by atoms with Gasteiger partial charge in [0.25, 0.3) is 0 Å². The molecule has 2 N–H and O–H groups in total. The number of aliphatic carboxylic acids is 1. The maximum absolute atomic E-state index is 11.7. The Hall–Kier alpha value is -1.59. The quantitative estimate of drug-likeness (QED) is 0.756. The first-order valence-corrected chi connectivity index (χ1v) is 6.00. The molecule has 1 aliphatic heterocycles. The van der Waals surface area contributed by atoms with Gasteiger partial charge in [-0.2, -0.15) is 0 Å². The van der Waals surface area contributed by atoms with Gasteiger partial charge in [-0.05, 0) is 27.2 Å². The zero-order valence-electron chi connectivity index (χ0n) is 11.0. The summed E-state index contributed by atoms with van der Waals surface area (Å²) in [6, 6.07) is 0. The Kier molecular flexibility index (Phi) is 4.32. The Morgan fingerprint density at radius 2 is 2.06 bits per heavy atom. The molecule has 0 spiro atoms. The van der Waals surface area contributed by atoms with E-state index in [-0.39, 0.29) is 36.9 Å². The van der Waals surface area contributed by atoms with Crippen molar-refractivity contribution >= 4 is 17.8 Å². The van der Waals surface area contributed by atoms with Crippen molar-refractivity contribution in [3.63, 3.8) is 0 Å². The second-order valence-electron chi connectivity index (χ2n) is 5.65. The van der Waals surface area contributed by atoms with Crippen molar-refractivity contribution in [1.29, 1.82) is 0 Å². The first kappa shape index (κ1) is 14.5. The number of piperidine rings is 1. The fourth-order valence-corrected chi connectivity index (χ4v) is 1.90. The highest BCUT2D eigenvalue weighted by Crippen LogP contribution is 2.17. The van der Waals surface area contributed by atoms with Crippen LogP contribution in [0.4, 0.5) is 0 Å². The lowest BCUT2D eigenvalue weighted by Crippen LogP contribution is -2.50. The first-order chi connectivity index (χ1) is 8.19. The molecule has 0 aromatic carbocycles. The lowest BCUT2D eigenvalue weighted by molar-refractivity contribution is -0.149. The standard InChI is InChI=1S/C12H20N2O4/c1-12(2,3)13-9(15)7-14-6-8(11(17)18)4-5-10(14)16/h8H,4-7H2,1-3H3,(H,13,15)(H,17,18). The van der Waals surface area contributed by atoms with Gasteiger partial charge in [-0.15, -0.1) is 0 Å². The molecule has 0 aliphatic carbocycles. The van der Waals surface area contributed by atoms with E-state index < -0.39 is 11.9 Å². The van der Waals surface area contributed by atoms with Crippen LogP contribution in [0.3, 0.4) is 0 Å². The van der Waals surface area contributed by atoms with Crippen LogP contribution >= 0.6 is 0 Å². The molecule has 1 aliphatic rings. The Bertz CT molecular complexity index is 360. The Morgan fingerprint density at radius 1 is 1.44 bits per heavy atom. The third-order valence-corrected chi connectivity index (χ3v) is 2.70. The zero-order valence-corrected chi connectivity index (χ0v) is 11.0. The molecule has 6 heteroatoms. The molecular weight excluding hydrogens is 236 g/mol. The third-order valence-electron chi connectivity index (χ3n) is 2.70. The van der Waals surface area contributed by atoms with E-state index in [1.807, 2.05) is 20.8 Å². The molecule has 0 radical (unpaired) electrons. The van der Waals surface area contributed by atoms with Gasteiger partial charge >= 0.3 is 5.97 Å². The van der Waals surface area contributed by atoms with Crippen LogP contribution in [0.25, 0.3) is 0 Å². The lowest BCUT2D eigenvalue weighted by Gasteiger charge is -2.31. The normalized spacial score (nSPS) is 20.7. The number of nitrogens with zero attached hydrogens (tertiary/aromatic N) is 1. The minimum absolute atomic E-state index is 0.0696. The van der Waals surface area contributed by atoms with E-state index in [0.29, 0.717) is 6.42 Å². The smallest absolute Gasteiger partial charge is 0.308 e. The fraction of sp³-hybridized carbons (Fsp3) is 0.750. The number of carbonyl (C=O) groups excluding carboxylic acids is 2. The molecule has 1 atom stereocenters. The van der Waals surface area contributed by atoms with E-state index in [4.69, 9.17) is 5.11 Å². The van der Waals surface area contributed by atoms with Gasteiger partial charge < -0.3 is 15.3 Å². The largest absolute Gasteiger partial charge is 0.481 e. The lowest BCUT2D eigenvalue weighted by atomic mass is 9.98. The summed E-state index contributed by atoms with van der Waals surface area (Å²) in [6.07, 6.45) is 0.547. The van der Waals surface area contributed by atoms with Crippen LogP contribution in [0.2, 0.25) is 0 Å². The van der Waals surface area contributed by atoms with E-state index in [1.165, 1.54) is 4.90 Å². The summed E-state index contributed by atoms with van der Waals surface area (Å²) in [6.45, 7) is 5.60. The van der Waals surface area contributed by atoms with E-state index in [1.54, 1.807) is 0 Å². The number of carbonyl (C=O) groups is 3. The number of hydrogen-bond acceptors (Lipinski definition) is 3. The third kappa shape index (κ3) is 4.35. The van der Waals surface area contributed by atoms with E-state index >= 15 is 0 Å². The number of likely N-dealkylation sites (tertiary alicyclic amines) is 1. The highest BCUT2D eigenvalue weighted by atomic mass is 16.4. The second-order valence-corrected chi connectivity index (χ2v) is 5.65. The molecule has 0 aromatic rings. The molecule has 0 aromatic heterocycles. The van der Waals surface area contributed by atoms with E-state index in [0.717, 1.165) is 0 Å². The topological polar surface area (TPSA) is 86.7 Å². The van der Waals surface area contributed by atoms with Crippen LogP contribution in [-0.4, -0.2) is 46.4 Å². The number of carboxylic acids is 1. The summed E-state index contributed by atoms with van der Waals surface area (Å²) < 4.78 is 0. The van der Waals surface area contributed by atoms with Gasteiger partial charge in [-0.25, -0.2) is 0 Å². The molecule has 18 heavy (non-hydrogen) atoms. The van der Waals surface area contributed by atoms with Crippen LogP contribution in [0.5, 0.6) is 0 Å². The van der Waals surface area contributed by atoms with E-state index in [2.05, 4.69) is 5.32 Å². The molecule has 1 fully saturated rings. The van der Waals surface area contributed by atoms with Crippen molar-refractivity contribution < 1.29 is 19.5 Å². The summed E-state index contributed by atoms with van der Waals surface area (Å²) >= 11 is 0. The average molecular weight is 256 g/mol. The van der Waals surface area contributed by atoms with Gasteiger partial charge in [-0.1, -0.05) is 0 Å². The molecule has 1 rings (SSSR count). The fourth-order valence-electron chi connectivity index (χ4n) is 1.90. The predicted octanol–water partition coefficient (Wildman–Crippen LogP) is 0.224. The maximum Gasteiger partial charge on any atom is 0.308 e. The Balaban J connectivity index is 2.56. The summed E-state index contributed by atoms with van der Waals surface area (Å²) in [7, 11) is 0. The summed E-state index contributed by atoms with van der Waals surface area (Å²) in [4.78, 5) is 35.5. The van der Waals surface area contributed by atoms with Gasteiger partial charge in [-0.3, -0.25) is 14.4 Å². The highest BCUT2D eigenvalue weighted by Gasteiger charge is 2.31. The average Bonchev–Trinajstić information content (AvgIpc) is 2.18. The van der Waals surface area contributed by atoms with Crippen molar-refractivity contribution in [1.82, 2.24) is 10.2 Å². The van der Waals surface area contributed by atoms with Crippen LogP contribution in [-0.2, 0) is 14.4 Å². The molecule has 0 bridgehead atoms. The SMILES string of the molecule is CC(C)(C)NC(=O)CN1CC(C(=O)O)CCC1=O. The molecular formula is C12H20N2O4. The highest BCUT2D eigenvalue weighted by molar-refractivity contribution is 5.86. The Labute approximate surface area is 106 Å². The van der Waals surface area contributed by atoms with Gasteiger partial charge in [0.1, 0.15) is 0 Å². The number of rotatable bonds is 3. The molecule has 6 nitrogen and oxygen atoms in total. The number of hydrogen-bond donors (Lipinski definition) is 2. The van der Waals surface area contributed by atoms with Crippen molar-refractivity contribution in [2.45, 2.75) is 39.2 Å². The minimum atomic E-state index is -0.913.